The number of rotatable bonds is 5. The SMILES string of the molecule is CCOC(=O)c1ccc(OCCBr)c(F)c1. The Hall–Kier alpha value is -1.10. The van der Waals surface area contributed by atoms with Crippen LogP contribution in [0.3, 0.4) is 0 Å². The Kier molecular flexibility index (Phi) is 5.25. The second kappa shape index (κ2) is 6.48. The van der Waals surface area contributed by atoms with Crippen molar-refractivity contribution in [2.75, 3.05) is 18.5 Å². The molecule has 0 aliphatic rings. The summed E-state index contributed by atoms with van der Waals surface area (Å²) in [5.74, 6) is -0.965. The summed E-state index contributed by atoms with van der Waals surface area (Å²) in [5.41, 5.74) is 0.186. The first-order valence-corrected chi connectivity index (χ1v) is 5.96. The summed E-state index contributed by atoms with van der Waals surface area (Å²) in [6, 6.07) is 4.01. The molecule has 88 valence electrons. The number of hydrogen-bond donors (Lipinski definition) is 0. The fourth-order valence-electron chi connectivity index (χ4n) is 1.11. The molecule has 0 saturated heterocycles. The van der Waals surface area contributed by atoms with Crippen LogP contribution in [-0.4, -0.2) is 24.5 Å². The summed E-state index contributed by atoms with van der Waals surface area (Å²) in [5, 5.41) is 0.617. The van der Waals surface area contributed by atoms with Crippen LogP contribution in [0.1, 0.15) is 17.3 Å². The molecule has 0 N–H and O–H groups in total. The van der Waals surface area contributed by atoms with E-state index in [0.717, 1.165) is 6.07 Å². The van der Waals surface area contributed by atoms with Gasteiger partial charge in [-0.25, -0.2) is 9.18 Å². The molecule has 16 heavy (non-hydrogen) atoms. The van der Waals surface area contributed by atoms with E-state index in [1.807, 2.05) is 0 Å². The van der Waals surface area contributed by atoms with Crippen LogP contribution in [-0.2, 0) is 4.74 Å². The van der Waals surface area contributed by atoms with E-state index >= 15 is 0 Å². The zero-order valence-corrected chi connectivity index (χ0v) is 10.4. The molecule has 0 unspecified atom stereocenters. The number of ether oxygens (including phenoxy) is 2. The van der Waals surface area contributed by atoms with Crippen molar-refractivity contribution in [1.29, 1.82) is 0 Å². The highest BCUT2D eigenvalue weighted by atomic mass is 79.9. The van der Waals surface area contributed by atoms with Gasteiger partial charge in [0.05, 0.1) is 18.8 Å². The monoisotopic (exact) mass is 290 g/mol. The minimum atomic E-state index is -0.563. The van der Waals surface area contributed by atoms with Crippen LogP contribution in [0.4, 0.5) is 4.39 Å². The Morgan fingerprint density at radius 1 is 1.50 bits per heavy atom. The molecule has 0 saturated carbocycles. The van der Waals surface area contributed by atoms with Crippen LogP contribution in [0.15, 0.2) is 18.2 Å². The molecule has 0 bridgehead atoms. The van der Waals surface area contributed by atoms with Crippen molar-refractivity contribution in [3.05, 3.63) is 29.6 Å². The van der Waals surface area contributed by atoms with Gasteiger partial charge in [-0.1, -0.05) is 15.9 Å². The minimum absolute atomic E-state index is 0.132. The van der Waals surface area contributed by atoms with Crippen LogP contribution in [0.25, 0.3) is 0 Å². The van der Waals surface area contributed by atoms with E-state index in [4.69, 9.17) is 9.47 Å². The van der Waals surface area contributed by atoms with Crippen molar-refractivity contribution in [3.63, 3.8) is 0 Å². The van der Waals surface area contributed by atoms with Gasteiger partial charge in [0.25, 0.3) is 0 Å². The third-order valence-electron chi connectivity index (χ3n) is 1.78. The largest absolute Gasteiger partial charge is 0.490 e. The lowest BCUT2D eigenvalue weighted by molar-refractivity contribution is 0.0525. The number of esters is 1. The maximum atomic E-state index is 13.4. The third kappa shape index (κ3) is 3.48. The van der Waals surface area contributed by atoms with E-state index in [-0.39, 0.29) is 17.9 Å². The average Bonchev–Trinajstić information content (AvgIpc) is 2.27. The van der Waals surface area contributed by atoms with Crippen molar-refractivity contribution < 1.29 is 18.7 Å². The molecular weight excluding hydrogens is 279 g/mol. The van der Waals surface area contributed by atoms with Gasteiger partial charge < -0.3 is 9.47 Å². The molecular formula is C11H12BrFO3. The van der Waals surface area contributed by atoms with Gasteiger partial charge in [-0.05, 0) is 25.1 Å². The van der Waals surface area contributed by atoms with Gasteiger partial charge >= 0.3 is 5.97 Å². The number of halogens is 2. The van der Waals surface area contributed by atoms with E-state index in [0.29, 0.717) is 11.9 Å². The molecule has 0 aliphatic carbocycles. The molecule has 0 spiro atoms. The quantitative estimate of drug-likeness (QED) is 0.618. The fraction of sp³-hybridized carbons (Fsp3) is 0.364. The molecule has 0 fully saturated rings. The summed E-state index contributed by atoms with van der Waals surface area (Å²) in [7, 11) is 0. The van der Waals surface area contributed by atoms with E-state index in [9.17, 15) is 9.18 Å². The minimum Gasteiger partial charge on any atom is -0.490 e. The van der Waals surface area contributed by atoms with E-state index < -0.39 is 11.8 Å². The van der Waals surface area contributed by atoms with Crippen LogP contribution >= 0.6 is 15.9 Å². The molecule has 1 aromatic rings. The zero-order chi connectivity index (χ0) is 12.0. The normalized spacial score (nSPS) is 9.94. The van der Waals surface area contributed by atoms with Gasteiger partial charge in [0.1, 0.15) is 0 Å². The Bertz CT molecular complexity index is 368. The van der Waals surface area contributed by atoms with Crippen molar-refractivity contribution in [1.82, 2.24) is 0 Å². The van der Waals surface area contributed by atoms with E-state index in [1.54, 1.807) is 6.92 Å². The molecule has 0 amide bonds. The summed E-state index contributed by atoms with van der Waals surface area (Å²) < 4.78 is 23.3. The van der Waals surface area contributed by atoms with Gasteiger partial charge in [-0.3, -0.25) is 0 Å². The molecule has 5 heteroatoms. The first kappa shape index (κ1) is 13.0. The summed E-state index contributed by atoms with van der Waals surface area (Å²) in [6.07, 6.45) is 0. The number of carbonyl (C=O) groups is 1. The van der Waals surface area contributed by atoms with Gasteiger partial charge in [-0.2, -0.15) is 0 Å². The molecule has 0 aliphatic heterocycles. The lowest BCUT2D eigenvalue weighted by atomic mass is 10.2. The zero-order valence-electron chi connectivity index (χ0n) is 8.83. The lowest BCUT2D eigenvalue weighted by Gasteiger charge is -2.07. The second-order valence-corrected chi connectivity index (χ2v) is 3.70. The van der Waals surface area contributed by atoms with Gasteiger partial charge in [0, 0.05) is 5.33 Å². The molecule has 0 aromatic heterocycles. The second-order valence-electron chi connectivity index (χ2n) is 2.90. The van der Waals surface area contributed by atoms with Gasteiger partial charge in [0.15, 0.2) is 11.6 Å². The molecule has 3 nitrogen and oxygen atoms in total. The Morgan fingerprint density at radius 3 is 2.81 bits per heavy atom. The Morgan fingerprint density at radius 2 is 2.25 bits per heavy atom. The maximum Gasteiger partial charge on any atom is 0.338 e. The van der Waals surface area contributed by atoms with Crippen LogP contribution in [0.2, 0.25) is 0 Å². The maximum absolute atomic E-state index is 13.4. The number of benzene rings is 1. The summed E-state index contributed by atoms with van der Waals surface area (Å²) in [6.45, 7) is 2.33. The van der Waals surface area contributed by atoms with E-state index in [2.05, 4.69) is 15.9 Å². The van der Waals surface area contributed by atoms with Crippen LogP contribution in [0, 0.1) is 5.82 Å². The topological polar surface area (TPSA) is 35.5 Å². The fourth-order valence-corrected chi connectivity index (χ4v) is 1.27. The summed E-state index contributed by atoms with van der Waals surface area (Å²) >= 11 is 3.17. The molecule has 0 radical (unpaired) electrons. The molecule has 0 heterocycles. The van der Waals surface area contributed by atoms with Gasteiger partial charge in [-0.15, -0.1) is 0 Å². The molecule has 1 aromatic carbocycles. The summed E-state index contributed by atoms with van der Waals surface area (Å²) in [4.78, 5) is 11.3. The molecule has 0 atom stereocenters. The Labute approximate surface area is 102 Å². The highest BCUT2D eigenvalue weighted by Gasteiger charge is 2.10. The highest BCUT2D eigenvalue weighted by Crippen LogP contribution is 2.18. The number of carbonyl (C=O) groups excluding carboxylic acids is 1. The van der Waals surface area contributed by atoms with E-state index in [1.165, 1.54) is 12.1 Å². The first-order chi connectivity index (χ1) is 7.69. The van der Waals surface area contributed by atoms with Crippen molar-refractivity contribution in [2.24, 2.45) is 0 Å². The average molecular weight is 291 g/mol. The Balaban J connectivity index is 2.78. The van der Waals surface area contributed by atoms with Crippen molar-refractivity contribution in [3.8, 4) is 5.75 Å². The molecule has 1 rings (SSSR count). The van der Waals surface area contributed by atoms with Crippen LogP contribution < -0.4 is 4.74 Å². The van der Waals surface area contributed by atoms with Crippen LogP contribution in [0.5, 0.6) is 5.75 Å². The number of alkyl halides is 1. The predicted octanol–water partition coefficient (Wildman–Crippen LogP) is 2.78. The smallest absolute Gasteiger partial charge is 0.338 e. The third-order valence-corrected chi connectivity index (χ3v) is 2.10. The first-order valence-electron chi connectivity index (χ1n) is 4.84. The lowest BCUT2D eigenvalue weighted by Crippen LogP contribution is -2.06. The number of hydrogen-bond acceptors (Lipinski definition) is 3. The van der Waals surface area contributed by atoms with Gasteiger partial charge in [0.2, 0.25) is 0 Å². The van der Waals surface area contributed by atoms with Crippen molar-refractivity contribution >= 4 is 21.9 Å². The predicted molar refractivity (Wildman–Crippen MR) is 61.6 cm³/mol. The van der Waals surface area contributed by atoms with Crippen molar-refractivity contribution in [2.45, 2.75) is 6.92 Å². The highest BCUT2D eigenvalue weighted by molar-refractivity contribution is 9.09. The standard InChI is InChI=1S/C11H12BrFO3/c1-2-15-11(14)8-3-4-10(9(13)7-8)16-6-5-12/h3-4,7H,2,5-6H2,1H3.